The van der Waals surface area contributed by atoms with Gasteiger partial charge in [-0.3, -0.25) is 4.79 Å². The number of benzene rings is 1. The van der Waals surface area contributed by atoms with E-state index >= 15 is 0 Å². The van der Waals surface area contributed by atoms with Crippen LogP contribution in [0.15, 0.2) is 53.1 Å². The summed E-state index contributed by atoms with van der Waals surface area (Å²) in [5, 5.41) is 0. The lowest BCUT2D eigenvalue weighted by molar-refractivity contribution is -0.103. The third-order valence-electron chi connectivity index (χ3n) is 2.26. The van der Waals surface area contributed by atoms with Crippen LogP contribution in [0.2, 0.25) is 0 Å². The Bertz CT molecular complexity index is 549. The van der Waals surface area contributed by atoms with Gasteiger partial charge < -0.3 is 0 Å². The maximum absolute atomic E-state index is 11.1. The molecule has 1 aromatic carbocycles. The molecule has 0 saturated heterocycles. The van der Waals surface area contributed by atoms with E-state index in [9.17, 15) is 4.79 Å². The standard InChI is InChI=1S/C14H10BrNO/c15-14-8-4-7-13(16-14)12(10-17)9-11-5-2-1-3-6-11/h1-10H/b12-9+. The zero-order chi connectivity index (χ0) is 12.1. The zero-order valence-electron chi connectivity index (χ0n) is 9.01. The topological polar surface area (TPSA) is 30.0 Å². The predicted molar refractivity (Wildman–Crippen MR) is 72.3 cm³/mol. The van der Waals surface area contributed by atoms with Crippen molar-refractivity contribution in [1.29, 1.82) is 0 Å². The minimum Gasteiger partial charge on any atom is -0.298 e. The van der Waals surface area contributed by atoms with Gasteiger partial charge in [-0.1, -0.05) is 36.4 Å². The van der Waals surface area contributed by atoms with E-state index in [1.165, 1.54) is 0 Å². The molecular weight excluding hydrogens is 278 g/mol. The van der Waals surface area contributed by atoms with Crippen molar-refractivity contribution in [3.05, 3.63) is 64.4 Å². The first-order chi connectivity index (χ1) is 8.29. The van der Waals surface area contributed by atoms with Gasteiger partial charge in [0.25, 0.3) is 0 Å². The number of rotatable bonds is 3. The van der Waals surface area contributed by atoms with Crippen LogP contribution in [0.1, 0.15) is 11.3 Å². The van der Waals surface area contributed by atoms with Crippen LogP contribution >= 0.6 is 15.9 Å². The Labute approximate surface area is 108 Å². The zero-order valence-corrected chi connectivity index (χ0v) is 10.6. The molecule has 0 spiro atoms. The Hall–Kier alpha value is -1.74. The number of hydrogen-bond donors (Lipinski definition) is 0. The van der Waals surface area contributed by atoms with Crippen LogP contribution in [0.3, 0.4) is 0 Å². The lowest BCUT2D eigenvalue weighted by Gasteiger charge is -2.00. The molecular formula is C14H10BrNO. The molecule has 0 aliphatic heterocycles. The number of pyridine rings is 1. The van der Waals surface area contributed by atoms with Crippen molar-refractivity contribution in [2.75, 3.05) is 0 Å². The van der Waals surface area contributed by atoms with Crippen molar-refractivity contribution >= 4 is 33.9 Å². The van der Waals surface area contributed by atoms with Gasteiger partial charge in [0.2, 0.25) is 0 Å². The Morgan fingerprint density at radius 2 is 1.82 bits per heavy atom. The molecule has 0 atom stereocenters. The monoisotopic (exact) mass is 287 g/mol. The SMILES string of the molecule is O=C/C(=C\c1ccccc1)c1cccc(Br)n1. The van der Waals surface area contributed by atoms with Gasteiger partial charge in [0, 0.05) is 5.57 Å². The Balaban J connectivity index is 2.41. The van der Waals surface area contributed by atoms with Crippen LogP contribution in [-0.2, 0) is 4.79 Å². The first kappa shape index (κ1) is 11.7. The van der Waals surface area contributed by atoms with Gasteiger partial charge in [0.15, 0.2) is 6.29 Å². The Kier molecular flexibility index (Phi) is 3.83. The van der Waals surface area contributed by atoms with Crippen molar-refractivity contribution in [2.24, 2.45) is 0 Å². The molecule has 0 aliphatic carbocycles. The summed E-state index contributed by atoms with van der Waals surface area (Å²) in [5.41, 5.74) is 2.21. The smallest absolute Gasteiger partial charge is 0.152 e. The maximum Gasteiger partial charge on any atom is 0.152 e. The lowest BCUT2D eigenvalue weighted by atomic mass is 10.1. The first-order valence-electron chi connectivity index (χ1n) is 5.14. The van der Waals surface area contributed by atoms with Crippen LogP contribution in [0.5, 0.6) is 0 Å². The van der Waals surface area contributed by atoms with Gasteiger partial charge in [0.1, 0.15) is 4.60 Å². The lowest BCUT2D eigenvalue weighted by Crippen LogP contribution is -1.90. The van der Waals surface area contributed by atoms with Gasteiger partial charge in [-0.2, -0.15) is 0 Å². The molecule has 2 nitrogen and oxygen atoms in total. The molecule has 0 amide bonds. The summed E-state index contributed by atoms with van der Waals surface area (Å²) in [4.78, 5) is 15.4. The van der Waals surface area contributed by atoms with Crippen LogP contribution in [-0.4, -0.2) is 11.3 Å². The van der Waals surface area contributed by atoms with E-state index in [0.717, 1.165) is 16.5 Å². The summed E-state index contributed by atoms with van der Waals surface area (Å²) in [7, 11) is 0. The molecule has 0 saturated carbocycles. The van der Waals surface area contributed by atoms with E-state index in [0.29, 0.717) is 11.3 Å². The van der Waals surface area contributed by atoms with E-state index in [4.69, 9.17) is 0 Å². The second-order valence-corrected chi connectivity index (χ2v) is 4.29. The minimum absolute atomic E-state index is 0.567. The van der Waals surface area contributed by atoms with Crippen LogP contribution < -0.4 is 0 Å². The third-order valence-corrected chi connectivity index (χ3v) is 2.70. The van der Waals surface area contributed by atoms with Gasteiger partial charge >= 0.3 is 0 Å². The average molecular weight is 288 g/mol. The molecule has 2 rings (SSSR count). The van der Waals surface area contributed by atoms with Gasteiger partial charge in [0.05, 0.1) is 5.69 Å². The van der Waals surface area contributed by atoms with Crippen molar-refractivity contribution in [3.63, 3.8) is 0 Å². The summed E-state index contributed by atoms with van der Waals surface area (Å²) in [6, 6.07) is 15.2. The molecule has 0 bridgehead atoms. The molecule has 1 heterocycles. The summed E-state index contributed by atoms with van der Waals surface area (Å²) in [5.74, 6) is 0. The fourth-order valence-electron chi connectivity index (χ4n) is 1.47. The summed E-state index contributed by atoms with van der Waals surface area (Å²) in [6.07, 6.45) is 2.64. The summed E-state index contributed by atoms with van der Waals surface area (Å²) >= 11 is 3.29. The summed E-state index contributed by atoms with van der Waals surface area (Å²) in [6.45, 7) is 0. The molecule has 17 heavy (non-hydrogen) atoms. The molecule has 3 heteroatoms. The number of halogens is 1. The number of aldehydes is 1. The number of hydrogen-bond acceptors (Lipinski definition) is 2. The quantitative estimate of drug-likeness (QED) is 0.491. The molecule has 0 aliphatic rings. The van der Waals surface area contributed by atoms with Crippen molar-refractivity contribution in [2.45, 2.75) is 0 Å². The fourth-order valence-corrected chi connectivity index (χ4v) is 1.81. The number of allylic oxidation sites excluding steroid dienone is 1. The van der Waals surface area contributed by atoms with Gasteiger partial charge in [-0.05, 0) is 39.7 Å². The van der Waals surface area contributed by atoms with E-state index in [1.54, 1.807) is 0 Å². The van der Waals surface area contributed by atoms with Crippen molar-refractivity contribution in [3.8, 4) is 0 Å². The second-order valence-electron chi connectivity index (χ2n) is 3.47. The Morgan fingerprint density at radius 3 is 2.47 bits per heavy atom. The molecule has 0 N–H and O–H groups in total. The molecule has 0 unspecified atom stereocenters. The highest BCUT2D eigenvalue weighted by atomic mass is 79.9. The van der Waals surface area contributed by atoms with Gasteiger partial charge in [-0.15, -0.1) is 0 Å². The predicted octanol–water partition coefficient (Wildman–Crippen LogP) is 3.58. The second kappa shape index (κ2) is 5.55. The van der Waals surface area contributed by atoms with E-state index in [1.807, 2.05) is 54.6 Å². The number of carbonyl (C=O) groups excluding carboxylic acids is 1. The molecule has 2 aromatic rings. The number of nitrogens with zero attached hydrogens (tertiary/aromatic N) is 1. The number of carbonyl (C=O) groups is 1. The van der Waals surface area contributed by atoms with Crippen LogP contribution in [0.4, 0.5) is 0 Å². The van der Waals surface area contributed by atoms with E-state index < -0.39 is 0 Å². The van der Waals surface area contributed by atoms with Gasteiger partial charge in [-0.25, -0.2) is 4.98 Å². The average Bonchev–Trinajstić information content (AvgIpc) is 2.37. The van der Waals surface area contributed by atoms with Crippen LogP contribution in [0, 0.1) is 0 Å². The van der Waals surface area contributed by atoms with E-state index in [-0.39, 0.29) is 0 Å². The highest BCUT2D eigenvalue weighted by molar-refractivity contribution is 9.10. The highest BCUT2D eigenvalue weighted by Gasteiger charge is 2.02. The van der Waals surface area contributed by atoms with Crippen LogP contribution in [0.25, 0.3) is 11.6 Å². The van der Waals surface area contributed by atoms with E-state index in [2.05, 4.69) is 20.9 Å². The largest absolute Gasteiger partial charge is 0.298 e. The first-order valence-corrected chi connectivity index (χ1v) is 5.94. The fraction of sp³-hybridized carbons (Fsp3) is 0. The molecule has 0 radical (unpaired) electrons. The van der Waals surface area contributed by atoms with Crippen molar-refractivity contribution < 1.29 is 4.79 Å². The highest BCUT2D eigenvalue weighted by Crippen LogP contribution is 2.16. The normalized spacial score (nSPS) is 11.2. The maximum atomic E-state index is 11.1. The van der Waals surface area contributed by atoms with Crippen molar-refractivity contribution in [1.82, 2.24) is 4.98 Å². The minimum atomic E-state index is 0.567. The summed E-state index contributed by atoms with van der Waals surface area (Å²) < 4.78 is 0.718. The number of aromatic nitrogens is 1. The molecule has 0 fully saturated rings. The Morgan fingerprint density at radius 1 is 1.06 bits per heavy atom. The molecule has 1 aromatic heterocycles. The molecule has 84 valence electrons. The third kappa shape index (κ3) is 3.11.